The largest absolute Gasteiger partial charge is 0.465 e. The molecule has 2 aromatic heterocycles. The smallest absolute Gasteiger partial charge is 0.345 e. The Balaban J connectivity index is 2.16. The fourth-order valence-corrected chi connectivity index (χ4v) is 3.50. The van der Waals surface area contributed by atoms with Gasteiger partial charge < -0.3 is 10.5 Å². The van der Waals surface area contributed by atoms with Crippen LogP contribution in [0.4, 0.5) is 5.69 Å². The molecule has 0 amide bonds. The van der Waals surface area contributed by atoms with Crippen LogP contribution in [0.1, 0.15) is 10.4 Å². The van der Waals surface area contributed by atoms with Crippen LogP contribution < -0.4 is 11.3 Å². The number of carbonyl (C=O) groups is 1. The summed E-state index contributed by atoms with van der Waals surface area (Å²) in [4.78, 5) is 29.6. The third-order valence-electron chi connectivity index (χ3n) is 4.45. The minimum absolute atomic E-state index is 0.105. The number of rotatable bonds is 2. The number of nitrogen functional groups attached to an aromatic ring is 1. The summed E-state index contributed by atoms with van der Waals surface area (Å²) < 4.78 is 7.04. The summed E-state index contributed by atoms with van der Waals surface area (Å²) in [7, 11) is 1.22. The molecular formula is C20H14BrN3O3. The molecule has 2 aromatic carbocycles. The zero-order chi connectivity index (χ0) is 19.1. The maximum atomic E-state index is 13.2. The van der Waals surface area contributed by atoms with Gasteiger partial charge in [0.1, 0.15) is 5.56 Å². The minimum atomic E-state index is -0.765. The Labute approximate surface area is 162 Å². The number of methoxy groups -OCH3 is 1. The van der Waals surface area contributed by atoms with Gasteiger partial charge in [0.05, 0.1) is 18.3 Å². The number of pyridine rings is 2. The molecule has 2 N–H and O–H groups in total. The van der Waals surface area contributed by atoms with Crippen molar-refractivity contribution in [2.24, 2.45) is 0 Å². The van der Waals surface area contributed by atoms with E-state index in [2.05, 4.69) is 20.9 Å². The molecule has 6 nitrogen and oxygen atoms in total. The highest BCUT2D eigenvalue weighted by Crippen LogP contribution is 2.28. The average molecular weight is 424 g/mol. The van der Waals surface area contributed by atoms with Crippen molar-refractivity contribution >= 4 is 49.3 Å². The van der Waals surface area contributed by atoms with Crippen LogP contribution in [0.15, 0.2) is 64.1 Å². The van der Waals surface area contributed by atoms with E-state index in [0.717, 1.165) is 15.2 Å². The summed E-state index contributed by atoms with van der Waals surface area (Å²) in [6.45, 7) is 0. The molecule has 0 saturated carbocycles. The quantitative estimate of drug-likeness (QED) is 0.497. The van der Waals surface area contributed by atoms with Crippen molar-refractivity contribution in [3.63, 3.8) is 0 Å². The molecule has 0 atom stereocenters. The number of hydrogen-bond acceptors (Lipinski definition) is 5. The number of carbonyl (C=O) groups excluding carboxylic acids is 1. The van der Waals surface area contributed by atoms with Gasteiger partial charge in [0.15, 0.2) is 0 Å². The first-order valence-electron chi connectivity index (χ1n) is 8.07. The van der Waals surface area contributed by atoms with Gasteiger partial charge in [-0.1, -0.05) is 22.0 Å². The van der Waals surface area contributed by atoms with Gasteiger partial charge in [0.25, 0.3) is 5.56 Å². The standard InChI is InChI=1S/C20H14BrN3O3/c1-27-20(26)17-18(22)15-5-3-13(21)9-16(15)24(19(17)25)14-4-2-11-6-7-23-10-12(11)8-14/h2-10H,22H2,1H3. The lowest BCUT2D eigenvalue weighted by Crippen LogP contribution is -2.28. The first kappa shape index (κ1) is 17.2. The van der Waals surface area contributed by atoms with Crippen molar-refractivity contribution in [3.8, 4) is 5.69 Å². The fourth-order valence-electron chi connectivity index (χ4n) is 3.16. The van der Waals surface area contributed by atoms with Crippen LogP contribution in [-0.2, 0) is 4.74 Å². The second-order valence-electron chi connectivity index (χ2n) is 5.99. The summed E-state index contributed by atoms with van der Waals surface area (Å²) >= 11 is 3.43. The Hall–Kier alpha value is -3.19. The fraction of sp³-hybridized carbons (Fsp3) is 0.0500. The molecule has 134 valence electrons. The van der Waals surface area contributed by atoms with Crippen molar-refractivity contribution in [3.05, 3.63) is 75.2 Å². The molecule has 0 bridgehead atoms. The number of benzene rings is 2. The van der Waals surface area contributed by atoms with E-state index in [1.165, 1.54) is 11.7 Å². The number of nitrogens with zero attached hydrogens (tertiary/aromatic N) is 2. The van der Waals surface area contributed by atoms with E-state index in [-0.39, 0.29) is 11.3 Å². The molecule has 0 spiro atoms. The normalized spacial score (nSPS) is 11.0. The summed E-state index contributed by atoms with van der Waals surface area (Å²) in [6, 6.07) is 12.8. The van der Waals surface area contributed by atoms with Crippen LogP contribution in [0, 0.1) is 0 Å². The zero-order valence-corrected chi connectivity index (χ0v) is 15.9. The van der Waals surface area contributed by atoms with Crippen LogP contribution >= 0.6 is 15.9 Å². The Morgan fingerprint density at radius 2 is 1.96 bits per heavy atom. The molecule has 27 heavy (non-hydrogen) atoms. The predicted octanol–water partition coefficient (Wildman–Crippen LogP) is 3.67. The highest BCUT2D eigenvalue weighted by molar-refractivity contribution is 9.10. The number of nitrogens with two attached hydrogens (primary N) is 1. The molecular weight excluding hydrogens is 410 g/mol. The molecule has 7 heteroatoms. The SMILES string of the molecule is COC(=O)c1c(N)c2ccc(Br)cc2n(-c2ccc3ccncc3c2)c1=O. The van der Waals surface area contributed by atoms with Crippen molar-refractivity contribution < 1.29 is 9.53 Å². The Morgan fingerprint density at radius 1 is 1.15 bits per heavy atom. The highest BCUT2D eigenvalue weighted by Gasteiger charge is 2.22. The number of aromatic nitrogens is 2. The van der Waals surface area contributed by atoms with E-state index in [1.54, 1.807) is 30.6 Å². The second kappa shape index (κ2) is 6.51. The Morgan fingerprint density at radius 3 is 2.74 bits per heavy atom. The summed E-state index contributed by atoms with van der Waals surface area (Å²) in [5, 5.41) is 2.46. The van der Waals surface area contributed by atoms with E-state index < -0.39 is 11.5 Å². The number of esters is 1. The first-order chi connectivity index (χ1) is 13.0. The van der Waals surface area contributed by atoms with Crippen molar-refractivity contribution in [2.45, 2.75) is 0 Å². The number of fused-ring (bicyclic) bond motifs is 2. The summed E-state index contributed by atoms with van der Waals surface area (Å²) in [5.74, 6) is -0.765. The molecule has 4 aromatic rings. The lowest BCUT2D eigenvalue weighted by Gasteiger charge is -2.16. The van der Waals surface area contributed by atoms with Gasteiger partial charge in [-0.2, -0.15) is 0 Å². The van der Waals surface area contributed by atoms with Crippen molar-refractivity contribution in [1.82, 2.24) is 9.55 Å². The van der Waals surface area contributed by atoms with E-state index in [1.807, 2.05) is 24.3 Å². The van der Waals surface area contributed by atoms with Crippen molar-refractivity contribution in [1.29, 1.82) is 0 Å². The van der Waals surface area contributed by atoms with Gasteiger partial charge in [0.2, 0.25) is 0 Å². The third kappa shape index (κ3) is 2.76. The molecule has 2 heterocycles. The zero-order valence-electron chi connectivity index (χ0n) is 14.3. The van der Waals surface area contributed by atoms with Gasteiger partial charge >= 0.3 is 5.97 Å². The van der Waals surface area contributed by atoms with E-state index in [9.17, 15) is 9.59 Å². The molecule has 0 saturated heterocycles. The average Bonchev–Trinajstić information content (AvgIpc) is 2.67. The molecule has 0 fully saturated rings. The number of hydrogen-bond donors (Lipinski definition) is 1. The van der Waals surface area contributed by atoms with Crippen LogP contribution in [0.25, 0.3) is 27.4 Å². The lowest BCUT2D eigenvalue weighted by atomic mass is 10.1. The monoisotopic (exact) mass is 423 g/mol. The van der Waals surface area contributed by atoms with Crippen LogP contribution in [-0.4, -0.2) is 22.6 Å². The maximum Gasteiger partial charge on any atom is 0.345 e. The molecule has 0 aliphatic carbocycles. The van der Waals surface area contributed by atoms with E-state index >= 15 is 0 Å². The van der Waals surface area contributed by atoms with Gasteiger partial charge in [-0.3, -0.25) is 14.3 Å². The second-order valence-corrected chi connectivity index (χ2v) is 6.91. The van der Waals surface area contributed by atoms with Crippen LogP contribution in [0.3, 0.4) is 0 Å². The summed E-state index contributed by atoms with van der Waals surface area (Å²) in [6.07, 6.45) is 3.43. The number of halogens is 1. The summed E-state index contributed by atoms with van der Waals surface area (Å²) in [5.41, 5.74) is 6.72. The third-order valence-corrected chi connectivity index (χ3v) is 4.94. The van der Waals surface area contributed by atoms with Gasteiger partial charge in [-0.25, -0.2) is 4.79 Å². The van der Waals surface area contributed by atoms with Crippen LogP contribution in [0.2, 0.25) is 0 Å². The van der Waals surface area contributed by atoms with Gasteiger partial charge in [-0.15, -0.1) is 0 Å². The topological polar surface area (TPSA) is 87.2 Å². The maximum absolute atomic E-state index is 13.2. The van der Waals surface area contributed by atoms with E-state index in [0.29, 0.717) is 16.6 Å². The minimum Gasteiger partial charge on any atom is -0.465 e. The Kier molecular flexibility index (Phi) is 4.16. The van der Waals surface area contributed by atoms with Crippen molar-refractivity contribution in [2.75, 3.05) is 12.8 Å². The predicted molar refractivity (Wildman–Crippen MR) is 108 cm³/mol. The van der Waals surface area contributed by atoms with Gasteiger partial charge in [-0.05, 0) is 41.8 Å². The van der Waals surface area contributed by atoms with E-state index in [4.69, 9.17) is 10.5 Å². The van der Waals surface area contributed by atoms with Gasteiger partial charge in [0, 0.05) is 33.3 Å². The molecule has 0 aliphatic heterocycles. The number of ether oxygens (including phenoxy) is 1. The molecule has 0 unspecified atom stereocenters. The first-order valence-corrected chi connectivity index (χ1v) is 8.87. The highest BCUT2D eigenvalue weighted by atomic mass is 79.9. The molecule has 0 aliphatic rings. The molecule has 0 radical (unpaired) electrons. The number of anilines is 1. The molecule has 4 rings (SSSR count). The Bertz CT molecular complexity index is 1280. The lowest BCUT2D eigenvalue weighted by molar-refractivity contribution is 0.0600. The van der Waals surface area contributed by atoms with Crippen LogP contribution in [0.5, 0.6) is 0 Å².